The Kier molecular flexibility index (Phi) is 3.56. The minimum Gasteiger partial charge on any atom is -0.478 e. The molecule has 3 rings (SSSR count). The highest BCUT2D eigenvalue weighted by atomic mass is 16.5. The molecule has 0 spiro atoms. The van der Waals surface area contributed by atoms with Gasteiger partial charge in [0.15, 0.2) is 6.10 Å². The third-order valence-corrected chi connectivity index (χ3v) is 3.53. The lowest BCUT2D eigenvalue weighted by Gasteiger charge is -2.28. The molecule has 2 amide bonds. The van der Waals surface area contributed by atoms with Crippen LogP contribution in [0.1, 0.15) is 6.42 Å². The van der Waals surface area contributed by atoms with Crippen LogP contribution in [0.2, 0.25) is 0 Å². The van der Waals surface area contributed by atoms with Gasteiger partial charge in [0.2, 0.25) is 5.91 Å². The standard InChI is InChI=1S/C14H17N3O3/c18-13(16-8-9-6-15-7-9)5-12-14(19)17-10-3-1-2-4-11(10)20-12/h1-4,9,12,15H,5-8H2,(H,16,18)(H,17,19). The third kappa shape index (κ3) is 2.75. The summed E-state index contributed by atoms with van der Waals surface area (Å²) < 4.78 is 5.58. The normalized spacial score (nSPS) is 21.2. The van der Waals surface area contributed by atoms with Gasteiger partial charge < -0.3 is 20.7 Å². The van der Waals surface area contributed by atoms with Crippen LogP contribution in [0.5, 0.6) is 5.75 Å². The molecule has 0 saturated carbocycles. The summed E-state index contributed by atoms with van der Waals surface area (Å²) in [7, 11) is 0. The lowest BCUT2D eigenvalue weighted by molar-refractivity contribution is -0.130. The Morgan fingerprint density at radius 2 is 2.15 bits per heavy atom. The highest BCUT2D eigenvalue weighted by Crippen LogP contribution is 2.29. The van der Waals surface area contributed by atoms with Gasteiger partial charge in [0.25, 0.3) is 5.91 Å². The van der Waals surface area contributed by atoms with Crippen LogP contribution < -0.4 is 20.7 Å². The average molecular weight is 275 g/mol. The summed E-state index contributed by atoms with van der Waals surface area (Å²) in [6.45, 7) is 2.53. The quantitative estimate of drug-likeness (QED) is 0.729. The SMILES string of the molecule is O=C(CC1Oc2ccccc2NC1=O)NCC1CNC1. The van der Waals surface area contributed by atoms with Gasteiger partial charge >= 0.3 is 0 Å². The number of amides is 2. The number of benzene rings is 1. The number of hydrogen-bond acceptors (Lipinski definition) is 4. The van der Waals surface area contributed by atoms with Gasteiger partial charge in [-0.15, -0.1) is 0 Å². The molecule has 1 aromatic carbocycles. The zero-order valence-corrected chi connectivity index (χ0v) is 11.0. The average Bonchev–Trinajstić information content (AvgIpc) is 2.38. The molecule has 6 nitrogen and oxygen atoms in total. The molecule has 3 N–H and O–H groups in total. The smallest absolute Gasteiger partial charge is 0.266 e. The number of ether oxygens (including phenoxy) is 1. The van der Waals surface area contributed by atoms with Crippen LogP contribution in [-0.4, -0.2) is 37.6 Å². The fourth-order valence-corrected chi connectivity index (χ4v) is 2.22. The molecule has 106 valence electrons. The molecule has 0 aliphatic carbocycles. The maximum Gasteiger partial charge on any atom is 0.266 e. The molecule has 1 unspecified atom stereocenters. The van der Waals surface area contributed by atoms with Gasteiger partial charge in [-0.3, -0.25) is 9.59 Å². The molecule has 0 bridgehead atoms. The van der Waals surface area contributed by atoms with E-state index < -0.39 is 6.10 Å². The number of fused-ring (bicyclic) bond motifs is 1. The molecule has 0 radical (unpaired) electrons. The summed E-state index contributed by atoms with van der Waals surface area (Å²) >= 11 is 0. The second-order valence-electron chi connectivity index (χ2n) is 5.12. The van der Waals surface area contributed by atoms with E-state index in [1.54, 1.807) is 12.1 Å². The molecule has 2 heterocycles. The topological polar surface area (TPSA) is 79.5 Å². The van der Waals surface area contributed by atoms with Crippen LogP contribution in [0.15, 0.2) is 24.3 Å². The van der Waals surface area contributed by atoms with Crippen LogP contribution in [0.4, 0.5) is 5.69 Å². The van der Waals surface area contributed by atoms with Crippen molar-refractivity contribution in [2.24, 2.45) is 5.92 Å². The maximum absolute atomic E-state index is 11.9. The molecule has 1 saturated heterocycles. The van der Waals surface area contributed by atoms with Crippen molar-refractivity contribution in [1.29, 1.82) is 0 Å². The van der Waals surface area contributed by atoms with Crippen molar-refractivity contribution in [3.05, 3.63) is 24.3 Å². The maximum atomic E-state index is 11.9. The molecule has 2 aliphatic heterocycles. The fourth-order valence-electron chi connectivity index (χ4n) is 2.22. The highest BCUT2D eigenvalue weighted by molar-refractivity contribution is 5.99. The van der Waals surface area contributed by atoms with Crippen molar-refractivity contribution in [3.63, 3.8) is 0 Å². The molecule has 6 heteroatoms. The van der Waals surface area contributed by atoms with Gasteiger partial charge in [0.05, 0.1) is 12.1 Å². The lowest BCUT2D eigenvalue weighted by atomic mass is 10.0. The zero-order valence-electron chi connectivity index (χ0n) is 11.0. The highest BCUT2D eigenvalue weighted by Gasteiger charge is 2.29. The van der Waals surface area contributed by atoms with E-state index in [4.69, 9.17) is 4.74 Å². The third-order valence-electron chi connectivity index (χ3n) is 3.53. The molecule has 1 fully saturated rings. The predicted molar refractivity (Wildman–Crippen MR) is 73.5 cm³/mol. The molecular weight excluding hydrogens is 258 g/mol. The molecule has 2 aliphatic rings. The molecule has 20 heavy (non-hydrogen) atoms. The predicted octanol–water partition coefficient (Wildman–Crippen LogP) is 0.112. The van der Waals surface area contributed by atoms with Crippen LogP contribution in [0, 0.1) is 5.92 Å². The van der Waals surface area contributed by atoms with Crippen molar-refractivity contribution < 1.29 is 14.3 Å². The van der Waals surface area contributed by atoms with E-state index in [1.165, 1.54) is 0 Å². The first-order valence-electron chi connectivity index (χ1n) is 6.76. The van der Waals surface area contributed by atoms with Gasteiger partial charge in [0, 0.05) is 25.6 Å². The minimum atomic E-state index is -0.760. The second-order valence-corrected chi connectivity index (χ2v) is 5.12. The first-order chi connectivity index (χ1) is 9.72. The van der Waals surface area contributed by atoms with E-state index in [-0.39, 0.29) is 18.2 Å². The number of anilines is 1. The first kappa shape index (κ1) is 12.9. The van der Waals surface area contributed by atoms with Gasteiger partial charge in [0.1, 0.15) is 5.75 Å². The van der Waals surface area contributed by atoms with Gasteiger partial charge in [-0.05, 0) is 12.1 Å². The van der Waals surface area contributed by atoms with Gasteiger partial charge in [-0.1, -0.05) is 12.1 Å². The zero-order chi connectivity index (χ0) is 13.9. The number of hydrogen-bond donors (Lipinski definition) is 3. The van der Waals surface area contributed by atoms with E-state index in [1.807, 2.05) is 12.1 Å². The summed E-state index contributed by atoms with van der Waals surface area (Å²) in [5.74, 6) is 0.675. The number of carbonyl (C=O) groups is 2. The molecule has 0 aromatic heterocycles. The van der Waals surface area contributed by atoms with E-state index in [0.717, 1.165) is 13.1 Å². The summed E-state index contributed by atoms with van der Waals surface area (Å²) in [4.78, 5) is 23.7. The van der Waals surface area contributed by atoms with Crippen molar-refractivity contribution in [2.45, 2.75) is 12.5 Å². The summed E-state index contributed by atoms with van der Waals surface area (Å²) in [6, 6.07) is 7.20. The Hall–Kier alpha value is -2.08. The number of carbonyl (C=O) groups excluding carboxylic acids is 2. The van der Waals surface area contributed by atoms with Gasteiger partial charge in [-0.25, -0.2) is 0 Å². The molecule has 1 aromatic rings. The largest absolute Gasteiger partial charge is 0.478 e. The molecule has 1 atom stereocenters. The van der Waals surface area contributed by atoms with Crippen molar-refractivity contribution in [1.82, 2.24) is 10.6 Å². The molecular formula is C14H17N3O3. The van der Waals surface area contributed by atoms with E-state index in [2.05, 4.69) is 16.0 Å². The monoisotopic (exact) mass is 275 g/mol. The van der Waals surface area contributed by atoms with Crippen molar-refractivity contribution in [3.8, 4) is 5.75 Å². The second kappa shape index (κ2) is 5.50. The van der Waals surface area contributed by atoms with Crippen LogP contribution in [0.3, 0.4) is 0 Å². The first-order valence-corrected chi connectivity index (χ1v) is 6.76. The van der Waals surface area contributed by atoms with Crippen molar-refractivity contribution in [2.75, 3.05) is 25.0 Å². The Labute approximate surface area is 116 Å². The van der Waals surface area contributed by atoms with Gasteiger partial charge in [-0.2, -0.15) is 0 Å². The van der Waals surface area contributed by atoms with E-state index in [9.17, 15) is 9.59 Å². The number of para-hydroxylation sites is 2. The number of nitrogens with one attached hydrogen (secondary N) is 3. The Morgan fingerprint density at radius 3 is 2.90 bits per heavy atom. The van der Waals surface area contributed by atoms with Crippen LogP contribution in [0.25, 0.3) is 0 Å². The summed E-state index contributed by atoms with van der Waals surface area (Å²) in [5, 5.41) is 8.73. The Morgan fingerprint density at radius 1 is 1.35 bits per heavy atom. The fraction of sp³-hybridized carbons (Fsp3) is 0.429. The van der Waals surface area contributed by atoms with E-state index >= 15 is 0 Å². The Bertz CT molecular complexity index is 528. The van der Waals surface area contributed by atoms with Crippen LogP contribution >= 0.6 is 0 Å². The Balaban J connectivity index is 1.54. The van der Waals surface area contributed by atoms with Crippen molar-refractivity contribution >= 4 is 17.5 Å². The summed E-state index contributed by atoms with van der Waals surface area (Å²) in [5.41, 5.74) is 0.648. The summed E-state index contributed by atoms with van der Waals surface area (Å²) in [6.07, 6.45) is -0.718. The minimum absolute atomic E-state index is 0.0420. The van der Waals surface area contributed by atoms with E-state index in [0.29, 0.717) is 23.9 Å². The number of rotatable bonds is 4. The lowest BCUT2D eigenvalue weighted by Crippen LogP contribution is -2.49. The van der Waals surface area contributed by atoms with Crippen LogP contribution in [-0.2, 0) is 9.59 Å².